The van der Waals surface area contributed by atoms with Crippen molar-refractivity contribution in [2.45, 2.75) is 17.5 Å². The van der Waals surface area contributed by atoms with Crippen molar-refractivity contribution in [2.24, 2.45) is 0 Å². The SMILES string of the molecule is C[CH2][Hf][C]1=CC=CC1. The summed E-state index contributed by atoms with van der Waals surface area (Å²) < 4.78 is 3.26. The molecule has 0 atom stereocenters. The Morgan fingerprint density at radius 3 is 3.12 bits per heavy atom. The maximum atomic E-state index is 2.31. The molecule has 0 saturated heterocycles. The summed E-state index contributed by atoms with van der Waals surface area (Å²) >= 11 is -0.238. The summed E-state index contributed by atoms with van der Waals surface area (Å²) in [6.45, 7) is 2.31. The van der Waals surface area contributed by atoms with Gasteiger partial charge in [-0.25, -0.2) is 0 Å². The van der Waals surface area contributed by atoms with E-state index in [9.17, 15) is 0 Å². The third kappa shape index (κ3) is 1.70. The molecular weight excluding hydrogens is 263 g/mol. The Morgan fingerprint density at radius 1 is 1.75 bits per heavy atom. The fraction of sp³-hybridized carbons (Fsp3) is 0.429. The van der Waals surface area contributed by atoms with Crippen molar-refractivity contribution in [3.8, 4) is 0 Å². The second-order valence-corrected chi connectivity index (χ2v) is 7.97. The molecule has 0 bridgehead atoms. The van der Waals surface area contributed by atoms with Crippen molar-refractivity contribution in [1.29, 1.82) is 0 Å². The van der Waals surface area contributed by atoms with E-state index in [1.54, 1.807) is 3.33 Å². The van der Waals surface area contributed by atoms with Gasteiger partial charge in [-0.05, 0) is 0 Å². The normalized spacial score (nSPS) is 16.4. The first-order chi connectivity index (χ1) is 3.93. The van der Waals surface area contributed by atoms with E-state index in [1.807, 2.05) is 0 Å². The summed E-state index contributed by atoms with van der Waals surface area (Å²) in [6.07, 6.45) is 8.06. The molecule has 0 nitrogen and oxygen atoms in total. The van der Waals surface area contributed by atoms with Crippen LogP contribution in [-0.4, -0.2) is 0 Å². The van der Waals surface area contributed by atoms with Gasteiger partial charge in [0.2, 0.25) is 0 Å². The molecule has 0 radical (unpaired) electrons. The van der Waals surface area contributed by atoms with Crippen LogP contribution in [0.3, 0.4) is 0 Å². The number of hydrogen-bond donors (Lipinski definition) is 0. The van der Waals surface area contributed by atoms with Crippen LogP contribution in [0.25, 0.3) is 0 Å². The Kier molecular flexibility index (Phi) is 2.74. The van der Waals surface area contributed by atoms with Gasteiger partial charge in [0.25, 0.3) is 0 Å². The number of allylic oxidation sites excluding steroid dienone is 4. The van der Waals surface area contributed by atoms with Crippen LogP contribution in [0.1, 0.15) is 13.3 Å². The molecule has 1 aliphatic rings. The van der Waals surface area contributed by atoms with Crippen LogP contribution in [0.2, 0.25) is 4.18 Å². The number of hydrogen-bond acceptors (Lipinski definition) is 0. The van der Waals surface area contributed by atoms with Gasteiger partial charge in [-0.15, -0.1) is 0 Å². The summed E-state index contributed by atoms with van der Waals surface area (Å²) in [5.41, 5.74) is 0. The van der Waals surface area contributed by atoms with Gasteiger partial charge in [0.05, 0.1) is 0 Å². The maximum absolute atomic E-state index is 2.31. The van der Waals surface area contributed by atoms with Crippen LogP contribution >= 0.6 is 0 Å². The van der Waals surface area contributed by atoms with E-state index < -0.39 is 0 Å². The fourth-order valence-electron chi connectivity index (χ4n) is 0.805. The monoisotopic (exact) mass is 274 g/mol. The molecular formula is C7H10Hf. The molecule has 1 aliphatic carbocycles. The van der Waals surface area contributed by atoms with E-state index >= 15 is 0 Å². The first-order valence-corrected chi connectivity index (χ1v) is 7.36. The molecule has 1 heteroatoms. The minimum absolute atomic E-state index is 0.238. The van der Waals surface area contributed by atoms with E-state index in [0.29, 0.717) is 0 Å². The second-order valence-electron chi connectivity index (χ2n) is 1.85. The second kappa shape index (κ2) is 3.39. The molecule has 0 aromatic carbocycles. The van der Waals surface area contributed by atoms with E-state index in [2.05, 4.69) is 25.2 Å². The standard InChI is InChI=1S/C5H5.C2H5.Hf/c1-2-4-5-3-1;1-2;/h1-3H,4H2;1H2,2H3;. The Balaban J connectivity index is 2.28. The fourth-order valence-corrected chi connectivity index (χ4v) is 4.15. The topological polar surface area (TPSA) is 0 Å². The Labute approximate surface area is 62.0 Å². The van der Waals surface area contributed by atoms with E-state index in [0.717, 1.165) is 0 Å². The summed E-state index contributed by atoms with van der Waals surface area (Å²) in [5.74, 6) is 0. The summed E-state index contributed by atoms with van der Waals surface area (Å²) in [4.78, 5) is 0. The molecule has 0 fully saturated rings. The van der Waals surface area contributed by atoms with Gasteiger partial charge in [-0.2, -0.15) is 0 Å². The van der Waals surface area contributed by atoms with Crippen LogP contribution in [0.4, 0.5) is 0 Å². The van der Waals surface area contributed by atoms with Gasteiger partial charge in [-0.3, -0.25) is 0 Å². The van der Waals surface area contributed by atoms with Gasteiger partial charge in [-0.1, -0.05) is 0 Å². The van der Waals surface area contributed by atoms with Crippen LogP contribution < -0.4 is 0 Å². The van der Waals surface area contributed by atoms with E-state index in [1.165, 1.54) is 10.6 Å². The molecule has 0 N–H and O–H groups in total. The molecule has 42 valence electrons. The van der Waals surface area contributed by atoms with Crippen LogP contribution in [0.15, 0.2) is 21.6 Å². The molecule has 0 aromatic rings. The summed E-state index contributed by atoms with van der Waals surface area (Å²) in [7, 11) is 0. The third-order valence-electron chi connectivity index (χ3n) is 1.18. The van der Waals surface area contributed by atoms with E-state index in [-0.39, 0.29) is 22.9 Å². The van der Waals surface area contributed by atoms with Crippen molar-refractivity contribution in [3.63, 3.8) is 0 Å². The van der Waals surface area contributed by atoms with Gasteiger partial charge in [0.1, 0.15) is 0 Å². The van der Waals surface area contributed by atoms with Crippen molar-refractivity contribution >= 4 is 0 Å². The van der Waals surface area contributed by atoms with Crippen molar-refractivity contribution < 1.29 is 22.9 Å². The van der Waals surface area contributed by atoms with Crippen molar-refractivity contribution in [1.82, 2.24) is 0 Å². The summed E-state index contributed by atoms with van der Waals surface area (Å²) in [6, 6.07) is 0. The minimum atomic E-state index is -0.238. The predicted molar refractivity (Wildman–Crippen MR) is 32.3 cm³/mol. The van der Waals surface area contributed by atoms with Gasteiger partial charge < -0.3 is 0 Å². The molecule has 8 heavy (non-hydrogen) atoms. The first kappa shape index (κ1) is 6.47. The number of rotatable bonds is 2. The van der Waals surface area contributed by atoms with Crippen LogP contribution in [0, 0.1) is 0 Å². The summed E-state index contributed by atoms with van der Waals surface area (Å²) in [5, 5.41) is 0. The van der Waals surface area contributed by atoms with Crippen molar-refractivity contribution in [3.05, 3.63) is 21.6 Å². The van der Waals surface area contributed by atoms with Gasteiger partial charge in [0, 0.05) is 0 Å². The molecule has 0 aliphatic heterocycles. The Hall–Kier alpha value is 0.350. The zero-order valence-electron chi connectivity index (χ0n) is 5.15. The average molecular weight is 273 g/mol. The molecule has 1 rings (SSSR count). The van der Waals surface area contributed by atoms with E-state index in [4.69, 9.17) is 0 Å². The predicted octanol–water partition coefficient (Wildman–Crippen LogP) is 2.35. The quantitative estimate of drug-likeness (QED) is 0.677. The zero-order chi connectivity index (χ0) is 5.82. The third-order valence-corrected chi connectivity index (χ3v) is 5.41. The van der Waals surface area contributed by atoms with Crippen LogP contribution in [-0.2, 0) is 22.9 Å². The van der Waals surface area contributed by atoms with Gasteiger partial charge >= 0.3 is 62.0 Å². The molecule has 0 aromatic heterocycles. The van der Waals surface area contributed by atoms with Crippen molar-refractivity contribution in [2.75, 3.05) is 0 Å². The Morgan fingerprint density at radius 2 is 2.62 bits per heavy atom. The molecule has 0 amide bonds. The average Bonchev–Trinajstić information content (AvgIpc) is 2.19. The zero-order valence-corrected chi connectivity index (χ0v) is 8.74. The molecule has 0 spiro atoms. The first-order valence-electron chi connectivity index (χ1n) is 3.03. The Bertz CT molecular complexity index is 122. The van der Waals surface area contributed by atoms with Gasteiger partial charge in [0.15, 0.2) is 0 Å². The van der Waals surface area contributed by atoms with Crippen LogP contribution in [0.5, 0.6) is 0 Å². The molecule has 0 heterocycles. The molecule has 0 unspecified atom stereocenters. The molecule has 0 saturated carbocycles.